The van der Waals surface area contributed by atoms with E-state index in [1.54, 1.807) is 49.5 Å². The first-order valence-corrected chi connectivity index (χ1v) is 8.20. The van der Waals surface area contributed by atoms with Crippen LogP contribution in [0, 0.1) is 6.92 Å². The van der Waals surface area contributed by atoms with Gasteiger partial charge in [-0.05, 0) is 31.2 Å². The summed E-state index contributed by atoms with van der Waals surface area (Å²) < 4.78 is 5.28. The second-order valence-electron chi connectivity index (χ2n) is 5.88. The van der Waals surface area contributed by atoms with Gasteiger partial charge in [0.15, 0.2) is 5.76 Å². The molecule has 0 bridgehead atoms. The van der Waals surface area contributed by atoms with Crippen LogP contribution in [-0.2, 0) is 6.54 Å². The molecular weight excluding hydrogens is 330 g/mol. The first-order chi connectivity index (χ1) is 12.6. The Hall–Kier alpha value is -3.41. The summed E-state index contributed by atoms with van der Waals surface area (Å²) in [6.45, 7) is 2.22. The molecule has 0 aliphatic heterocycles. The summed E-state index contributed by atoms with van der Waals surface area (Å²) in [6, 6.07) is 16.2. The molecule has 3 aromatic rings. The first-order valence-electron chi connectivity index (χ1n) is 8.20. The number of carbonyl (C=O) groups is 2. The van der Waals surface area contributed by atoms with E-state index in [1.165, 1.54) is 0 Å². The minimum atomic E-state index is -0.169. The highest BCUT2D eigenvalue weighted by Gasteiger charge is 2.10. The maximum Gasteiger partial charge on any atom is 0.251 e. The minimum Gasteiger partial charge on any atom is -0.359 e. The lowest BCUT2D eigenvalue weighted by Crippen LogP contribution is -2.22. The topological polar surface area (TPSA) is 84.2 Å². The number of nitrogens with zero attached hydrogens (tertiary/aromatic N) is 1. The fourth-order valence-electron chi connectivity index (χ4n) is 2.44. The normalized spacial score (nSPS) is 10.4. The van der Waals surface area contributed by atoms with Gasteiger partial charge in [0.2, 0.25) is 0 Å². The van der Waals surface area contributed by atoms with E-state index in [1.807, 2.05) is 19.1 Å². The Balaban J connectivity index is 1.63. The van der Waals surface area contributed by atoms with Crippen LogP contribution in [0.1, 0.15) is 32.0 Å². The summed E-state index contributed by atoms with van der Waals surface area (Å²) in [5, 5.41) is 9.40. The molecule has 0 spiro atoms. The van der Waals surface area contributed by atoms with E-state index >= 15 is 0 Å². The van der Waals surface area contributed by atoms with Gasteiger partial charge in [0.25, 0.3) is 11.8 Å². The highest BCUT2D eigenvalue weighted by Crippen LogP contribution is 2.20. The minimum absolute atomic E-state index is 0.142. The van der Waals surface area contributed by atoms with Crippen LogP contribution >= 0.6 is 0 Å². The van der Waals surface area contributed by atoms with Crippen LogP contribution in [0.3, 0.4) is 0 Å². The smallest absolute Gasteiger partial charge is 0.251 e. The van der Waals surface area contributed by atoms with Crippen LogP contribution in [0.2, 0.25) is 0 Å². The lowest BCUT2D eigenvalue weighted by atomic mass is 10.1. The van der Waals surface area contributed by atoms with Crippen LogP contribution in [0.4, 0.5) is 0 Å². The van der Waals surface area contributed by atoms with Gasteiger partial charge in [-0.2, -0.15) is 0 Å². The molecule has 2 amide bonds. The first kappa shape index (κ1) is 17.4. The zero-order valence-corrected chi connectivity index (χ0v) is 14.6. The van der Waals surface area contributed by atoms with Gasteiger partial charge in [-0.15, -0.1) is 0 Å². The van der Waals surface area contributed by atoms with Gasteiger partial charge in [0, 0.05) is 29.8 Å². The molecule has 6 heteroatoms. The molecule has 3 rings (SSSR count). The molecule has 2 N–H and O–H groups in total. The molecular formula is C20H19N3O3. The van der Waals surface area contributed by atoms with E-state index in [2.05, 4.69) is 15.8 Å². The number of nitrogens with one attached hydrogen (secondary N) is 2. The third kappa shape index (κ3) is 3.97. The molecule has 26 heavy (non-hydrogen) atoms. The average molecular weight is 349 g/mol. The van der Waals surface area contributed by atoms with Crippen molar-refractivity contribution in [3.63, 3.8) is 0 Å². The Morgan fingerprint density at radius 2 is 1.58 bits per heavy atom. The molecule has 0 radical (unpaired) electrons. The lowest BCUT2D eigenvalue weighted by molar-refractivity contribution is 0.0944. The van der Waals surface area contributed by atoms with Crippen molar-refractivity contribution in [2.75, 3.05) is 7.05 Å². The average Bonchev–Trinajstić information content (AvgIpc) is 3.15. The fourth-order valence-corrected chi connectivity index (χ4v) is 2.44. The maximum absolute atomic E-state index is 12.1. The van der Waals surface area contributed by atoms with Crippen LogP contribution in [0.25, 0.3) is 11.3 Å². The summed E-state index contributed by atoms with van der Waals surface area (Å²) in [5.41, 5.74) is 3.75. The number of hydrogen-bond acceptors (Lipinski definition) is 4. The number of rotatable bonds is 5. The third-order valence-corrected chi connectivity index (χ3v) is 3.97. The molecule has 0 aliphatic rings. The predicted octanol–water partition coefficient (Wildman–Crippen LogP) is 2.94. The molecule has 132 valence electrons. The summed E-state index contributed by atoms with van der Waals surface area (Å²) in [7, 11) is 1.59. The van der Waals surface area contributed by atoms with Crippen molar-refractivity contribution in [3.8, 4) is 11.3 Å². The van der Waals surface area contributed by atoms with E-state index in [9.17, 15) is 9.59 Å². The van der Waals surface area contributed by atoms with Gasteiger partial charge < -0.3 is 15.2 Å². The van der Waals surface area contributed by atoms with E-state index < -0.39 is 0 Å². The maximum atomic E-state index is 12.1. The quantitative estimate of drug-likeness (QED) is 0.742. The molecule has 0 unspecified atom stereocenters. The fraction of sp³-hybridized carbons (Fsp3) is 0.150. The van der Waals surface area contributed by atoms with Crippen LogP contribution in [-0.4, -0.2) is 24.0 Å². The van der Waals surface area contributed by atoms with Gasteiger partial charge in [-0.25, -0.2) is 0 Å². The van der Waals surface area contributed by atoms with E-state index in [-0.39, 0.29) is 18.4 Å². The summed E-state index contributed by atoms with van der Waals surface area (Å²) in [6.07, 6.45) is 0. The van der Waals surface area contributed by atoms with Gasteiger partial charge in [-0.1, -0.05) is 35.0 Å². The Bertz CT molecular complexity index is 912. The highest BCUT2D eigenvalue weighted by atomic mass is 16.5. The molecule has 0 fully saturated rings. The molecule has 0 saturated heterocycles. The number of hydrogen-bond donors (Lipinski definition) is 2. The lowest BCUT2D eigenvalue weighted by Gasteiger charge is -2.03. The van der Waals surface area contributed by atoms with Crippen LogP contribution in [0.15, 0.2) is 59.1 Å². The number of carbonyl (C=O) groups excluding carboxylic acids is 2. The molecule has 1 aromatic heterocycles. The van der Waals surface area contributed by atoms with Gasteiger partial charge >= 0.3 is 0 Å². The van der Waals surface area contributed by atoms with Crippen molar-refractivity contribution >= 4 is 11.8 Å². The van der Waals surface area contributed by atoms with Crippen molar-refractivity contribution in [1.29, 1.82) is 0 Å². The van der Waals surface area contributed by atoms with E-state index in [0.717, 1.165) is 11.1 Å². The van der Waals surface area contributed by atoms with E-state index in [0.29, 0.717) is 22.6 Å². The Morgan fingerprint density at radius 1 is 0.962 bits per heavy atom. The standard InChI is InChI=1S/C20H19N3O3/c1-13-3-5-16(6-4-13)20(25)22-12-17-11-18(23-26-17)14-7-9-15(10-8-14)19(24)21-2/h3-11H,12H2,1-2H3,(H,21,24)(H,22,25). The van der Waals surface area contributed by atoms with Crippen molar-refractivity contribution < 1.29 is 14.1 Å². The Morgan fingerprint density at radius 3 is 2.23 bits per heavy atom. The molecule has 0 atom stereocenters. The number of amides is 2. The zero-order chi connectivity index (χ0) is 18.5. The number of aryl methyl sites for hydroxylation is 1. The largest absolute Gasteiger partial charge is 0.359 e. The molecule has 1 heterocycles. The Labute approximate surface area is 151 Å². The van der Waals surface area contributed by atoms with Crippen LogP contribution in [0.5, 0.6) is 0 Å². The number of benzene rings is 2. The third-order valence-electron chi connectivity index (χ3n) is 3.97. The summed E-state index contributed by atoms with van der Waals surface area (Å²) in [5.74, 6) is 0.241. The second kappa shape index (κ2) is 7.65. The SMILES string of the molecule is CNC(=O)c1ccc(-c2cc(CNC(=O)c3ccc(C)cc3)on2)cc1. The van der Waals surface area contributed by atoms with Crippen molar-refractivity contribution in [2.24, 2.45) is 0 Å². The zero-order valence-electron chi connectivity index (χ0n) is 14.6. The second-order valence-corrected chi connectivity index (χ2v) is 5.88. The molecule has 6 nitrogen and oxygen atoms in total. The Kier molecular flexibility index (Phi) is 5.12. The molecule has 2 aromatic carbocycles. The molecule has 0 aliphatic carbocycles. The monoisotopic (exact) mass is 349 g/mol. The highest BCUT2D eigenvalue weighted by molar-refractivity contribution is 5.94. The molecule has 0 saturated carbocycles. The predicted molar refractivity (Wildman–Crippen MR) is 97.7 cm³/mol. The van der Waals surface area contributed by atoms with Crippen molar-refractivity contribution in [2.45, 2.75) is 13.5 Å². The van der Waals surface area contributed by atoms with Gasteiger partial charge in [-0.3, -0.25) is 9.59 Å². The number of aromatic nitrogens is 1. The van der Waals surface area contributed by atoms with Gasteiger partial charge in [0.1, 0.15) is 5.69 Å². The summed E-state index contributed by atoms with van der Waals surface area (Å²) >= 11 is 0. The van der Waals surface area contributed by atoms with Crippen LogP contribution < -0.4 is 10.6 Å². The summed E-state index contributed by atoms with van der Waals surface area (Å²) in [4.78, 5) is 23.7. The van der Waals surface area contributed by atoms with Crippen molar-refractivity contribution in [3.05, 3.63) is 77.0 Å². The van der Waals surface area contributed by atoms with E-state index in [4.69, 9.17) is 4.52 Å². The van der Waals surface area contributed by atoms with Gasteiger partial charge in [0.05, 0.1) is 6.54 Å². The van der Waals surface area contributed by atoms with Crippen molar-refractivity contribution in [1.82, 2.24) is 15.8 Å².